The van der Waals surface area contributed by atoms with E-state index in [4.69, 9.17) is 5.11 Å². The minimum absolute atomic E-state index is 0.00690. The third-order valence-electron chi connectivity index (χ3n) is 3.79. The van der Waals surface area contributed by atoms with E-state index in [0.29, 0.717) is 0 Å². The molecule has 0 fully saturated rings. The normalized spacial score (nSPS) is 14.8. The molecule has 2 aromatic rings. The van der Waals surface area contributed by atoms with Gasteiger partial charge in [0.05, 0.1) is 5.69 Å². The van der Waals surface area contributed by atoms with Crippen molar-refractivity contribution >= 4 is 17.7 Å². The summed E-state index contributed by atoms with van der Waals surface area (Å²) in [4.78, 5) is 22.1. The van der Waals surface area contributed by atoms with Gasteiger partial charge in [0.2, 0.25) is 0 Å². The summed E-state index contributed by atoms with van der Waals surface area (Å²) >= 11 is 1.56. The standard InChI is InChI=1S/C15H18N4O2S/c1-22-15-16-7-11-8-18(6-4-13(11)17-15)9-12-3-2-5-19(12)10-14(20)21/h2-3,5,7H,4,6,8-10H2,1H3,(H,20,21). The molecule has 0 atom stereocenters. The van der Waals surface area contributed by atoms with Crippen LogP contribution in [0, 0.1) is 0 Å². The number of carbonyl (C=O) groups is 1. The first-order chi connectivity index (χ1) is 10.7. The second-order valence-corrected chi connectivity index (χ2v) is 6.08. The second kappa shape index (κ2) is 6.50. The van der Waals surface area contributed by atoms with Crippen LogP contribution in [0.3, 0.4) is 0 Å². The quantitative estimate of drug-likeness (QED) is 0.667. The largest absolute Gasteiger partial charge is 0.480 e. The zero-order chi connectivity index (χ0) is 15.5. The van der Waals surface area contributed by atoms with Crippen LogP contribution in [-0.4, -0.2) is 43.3 Å². The summed E-state index contributed by atoms with van der Waals surface area (Å²) < 4.78 is 1.78. The number of carboxylic acids is 1. The first-order valence-electron chi connectivity index (χ1n) is 7.12. The predicted octanol–water partition coefficient (Wildman–Crippen LogP) is 1.64. The van der Waals surface area contributed by atoms with Gasteiger partial charge in [-0.25, -0.2) is 9.97 Å². The van der Waals surface area contributed by atoms with Gasteiger partial charge in [-0.3, -0.25) is 9.69 Å². The van der Waals surface area contributed by atoms with E-state index in [1.54, 1.807) is 16.3 Å². The Morgan fingerprint density at radius 3 is 3.14 bits per heavy atom. The number of fused-ring (bicyclic) bond motifs is 1. The molecule has 0 spiro atoms. The van der Waals surface area contributed by atoms with Gasteiger partial charge in [0.15, 0.2) is 5.16 Å². The van der Waals surface area contributed by atoms with Crippen molar-refractivity contribution < 1.29 is 9.90 Å². The smallest absolute Gasteiger partial charge is 0.323 e. The maximum Gasteiger partial charge on any atom is 0.323 e. The van der Waals surface area contributed by atoms with Gasteiger partial charge in [-0.15, -0.1) is 0 Å². The first kappa shape index (κ1) is 15.1. The van der Waals surface area contributed by atoms with Crippen molar-refractivity contribution in [3.63, 3.8) is 0 Å². The molecule has 6 nitrogen and oxygen atoms in total. The number of aliphatic carboxylic acids is 1. The highest BCUT2D eigenvalue weighted by Crippen LogP contribution is 2.20. The Bertz CT molecular complexity index is 686. The number of aromatic nitrogens is 3. The molecule has 1 aliphatic heterocycles. The third kappa shape index (κ3) is 3.31. The molecule has 7 heteroatoms. The van der Waals surface area contributed by atoms with Crippen LogP contribution in [-0.2, 0) is 30.8 Å². The van der Waals surface area contributed by atoms with Crippen LogP contribution in [0.5, 0.6) is 0 Å². The molecule has 3 rings (SSSR count). The van der Waals surface area contributed by atoms with Gasteiger partial charge < -0.3 is 9.67 Å². The van der Waals surface area contributed by atoms with E-state index in [2.05, 4.69) is 14.9 Å². The highest BCUT2D eigenvalue weighted by molar-refractivity contribution is 7.98. The molecule has 2 aromatic heterocycles. The van der Waals surface area contributed by atoms with Crippen molar-refractivity contribution in [1.29, 1.82) is 0 Å². The van der Waals surface area contributed by atoms with Crippen molar-refractivity contribution in [2.75, 3.05) is 12.8 Å². The van der Waals surface area contributed by atoms with E-state index in [0.717, 1.165) is 42.6 Å². The molecule has 1 N–H and O–H groups in total. The number of carboxylic acid groups (broad SMARTS) is 1. The summed E-state index contributed by atoms with van der Waals surface area (Å²) in [6.07, 6.45) is 6.62. The zero-order valence-corrected chi connectivity index (χ0v) is 13.2. The predicted molar refractivity (Wildman–Crippen MR) is 83.7 cm³/mol. The van der Waals surface area contributed by atoms with Crippen molar-refractivity contribution in [3.05, 3.63) is 41.5 Å². The summed E-state index contributed by atoms with van der Waals surface area (Å²) in [6.45, 7) is 2.48. The van der Waals surface area contributed by atoms with Crippen LogP contribution in [0.4, 0.5) is 0 Å². The van der Waals surface area contributed by atoms with Gasteiger partial charge in [-0.05, 0) is 18.4 Å². The maximum absolute atomic E-state index is 10.9. The molecule has 0 aromatic carbocycles. The van der Waals surface area contributed by atoms with Gasteiger partial charge in [-0.1, -0.05) is 11.8 Å². The monoisotopic (exact) mass is 318 g/mol. The molecule has 0 saturated carbocycles. The van der Waals surface area contributed by atoms with Crippen molar-refractivity contribution in [3.8, 4) is 0 Å². The average molecular weight is 318 g/mol. The maximum atomic E-state index is 10.9. The topological polar surface area (TPSA) is 71.2 Å². The van der Waals surface area contributed by atoms with Crippen LogP contribution in [0.25, 0.3) is 0 Å². The fourth-order valence-electron chi connectivity index (χ4n) is 2.71. The Labute approximate surface area is 133 Å². The van der Waals surface area contributed by atoms with E-state index in [-0.39, 0.29) is 6.54 Å². The van der Waals surface area contributed by atoms with Crippen LogP contribution < -0.4 is 0 Å². The molecule has 0 bridgehead atoms. The molecule has 116 valence electrons. The lowest BCUT2D eigenvalue weighted by Gasteiger charge is -2.28. The van der Waals surface area contributed by atoms with Crippen molar-refractivity contribution in [1.82, 2.24) is 19.4 Å². The number of rotatable bonds is 5. The lowest BCUT2D eigenvalue weighted by atomic mass is 10.1. The van der Waals surface area contributed by atoms with Crippen LogP contribution in [0.1, 0.15) is 17.0 Å². The Balaban J connectivity index is 1.70. The fourth-order valence-corrected chi connectivity index (χ4v) is 3.07. The number of hydrogen-bond acceptors (Lipinski definition) is 5. The summed E-state index contributed by atoms with van der Waals surface area (Å²) in [5.41, 5.74) is 3.32. The summed E-state index contributed by atoms with van der Waals surface area (Å²) in [5.74, 6) is -0.820. The molecule has 0 amide bonds. The van der Waals surface area contributed by atoms with Gasteiger partial charge in [-0.2, -0.15) is 0 Å². The van der Waals surface area contributed by atoms with E-state index >= 15 is 0 Å². The summed E-state index contributed by atoms with van der Waals surface area (Å²) in [7, 11) is 0. The van der Waals surface area contributed by atoms with E-state index in [9.17, 15) is 4.79 Å². The Kier molecular flexibility index (Phi) is 4.44. The molecule has 0 saturated heterocycles. The molecular weight excluding hydrogens is 300 g/mol. The average Bonchev–Trinajstić information content (AvgIpc) is 2.93. The molecule has 3 heterocycles. The van der Waals surface area contributed by atoms with Gasteiger partial charge in [0.25, 0.3) is 0 Å². The number of hydrogen-bond donors (Lipinski definition) is 1. The lowest BCUT2D eigenvalue weighted by Crippen LogP contribution is -2.31. The zero-order valence-electron chi connectivity index (χ0n) is 12.4. The fraction of sp³-hybridized carbons (Fsp3) is 0.400. The molecular formula is C15H18N4O2S. The molecule has 0 aliphatic carbocycles. The Hall–Kier alpha value is -1.86. The molecule has 22 heavy (non-hydrogen) atoms. The van der Waals surface area contributed by atoms with Gasteiger partial charge >= 0.3 is 5.97 Å². The number of thioether (sulfide) groups is 1. The van der Waals surface area contributed by atoms with Gasteiger partial charge in [0, 0.05) is 49.7 Å². The minimum Gasteiger partial charge on any atom is -0.480 e. The minimum atomic E-state index is -0.820. The van der Waals surface area contributed by atoms with Crippen LogP contribution >= 0.6 is 11.8 Å². The third-order valence-corrected chi connectivity index (χ3v) is 4.35. The molecule has 1 aliphatic rings. The summed E-state index contributed by atoms with van der Waals surface area (Å²) in [6, 6.07) is 3.87. The first-order valence-corrected chi connectivity index (χ1v) is 8.35. The van der Waals surface area contributed by atoms with E-state index in [1.165, 1.54) is 5.56 Å². The van der Waals surface area contributed by atoms with Crippen molar-refractivity contribution in [2.24, 2.45) is 0 Å². The van der Waals surface area contributed by atoms with Crippen LogP contribution in [0.15, 0.2) is 29.7 Å². The van der Waals surface area contributed by atoms with E-state index < -0.39 is 5.97 Å². The lowest BCUT2D eigenvalue weighted by molar-refractivity contribution is -0.137. The highest BCUT2D eigenvalue weighted by Gasteiger charge is 2.19. The number of nitrogens with zero attached hydrogens (tertiary/aromatic N) is 4. The SMILES string of the molecule is CSc1ncc2c(n1)CCN(Cc1cccn1CC(=O)O)C2. The van der Waals surface area contributed by atoms with Crippen molar-refractivity contribution in [2.45, 2.75) is 31.2 Å². The Morgan fingerprint density at radius 2 is 2.36 bits per heavy atom. The summed E-state index contributed by atoms with van der Waals surface area (Å²) in [5, 5.41) is 9.76. The Morgan fingerprint density at radius 1 is 1.50 bits per heavy atom. The highest BCUT2D eigenvalue weighted by atomic mass is 32.2. The molecule has 0 radical (unpaired) electrons. The van der Waals surface area contributed by atoms with Gasteiger partial charge in [0.1, 0.15) is 6.54 Å². The second-order valence-electron chi connectivity index (χ2n) is 5.31. The molecule has 0 unspecified atom stereocenters. The van der Waals surface area contributed by atoms with Crippen LogP contribution in [0.2, 0.25) is 0 Å². The van der Waals surface area contributed by atoms with E-state index in [1.807, 2.05) is 30.8 Å².